The van der Waals surface area contributed by atoms with Crippen LogP contribution < -0.4 is 0 Å². The molecule has 2 nitrogen and oxygen atoms in total. The van der Waals surface area contributed by atoms with Gasteiger partial charge in [-0.05, 0) is 38.8 Å². The Labute approximate surface area is 118 Å². The highest BCUT2D eigenvalue weighted by Gasteiger charge is 2.16. The molecule has 0 radical (unpaired) electrons. The van der Waals surface area contributed by atoms with Crippen molar-refractivity contribution in [2.24, 2.45) is 0 Å². The van der Waals surface area contributed by atoms with Crippen LogP contribution in [0.2, 0.25) is 5.15 Å². The summed E-state index contributed by atoms with van der Waals surface area (Å²) in [7, 11) is 0. The van der Waals surface area contributed by atoms with Crippen LogP contribution in [0, 0.1) is 27.7 Å². The number of hydrogen-bond donors (Lipinski definition) is 0. The first kappa shape index (κ1) is 13.4. The third-order valence-corrected chi connectivity index (χ3v) is 3.76. The van der Waals surface area contributed by atoms with Gasteiger partial charge in [-0.15, -0.1) is 11.6 Å². The highest BCUT2D eigenvalue weighted by atomic mass is 35.5. The lowest BCUT2D eigenvalue weighted by Crippen LogP contribution is -2.03. The molecule has 0 unspecified atom stereocenters. The van der Waals surface area contributed by atoms with Crippen molar-refractivity contribution >= 4 is 23.2 Å². The minimum atomic E-state index is 0.384. The predicted octanol–water partition coefficient (Wildman–Crippen LogP) is 4.50. The van der Waals surface area contributed by atoms with E-state index in [1.54, 1.807) is 4.68 Å². The van der Waals surface area contributed by atoms with Gasteiger partial charge in [0.1, 0.15) is 5.15 Å². The standard InChI is InChI=1S/C14H16Cl2N2/c1-8-5-9(2)13(10(3)6-8)18-14(16)12(7-15)11(4)17-18/h5-6H,7H2,1-4H3. The second-order valence-corrected chi connectivity index (χ2v) is 5.27. The average Bonchev–Trinajstić information content (AvgIpc) is 2.53. The Morgan fingerprint density at radius 2 is 1.67 bits per heavy atom. The summed E-state index contributed by atoms with van der Waals surface area (Å²) in [6, 6.07) is 4.27. The third-order valence-electron chi connectivity index (χ3n) is 3.10. The number of nitrogens with zero attached hydrogens (tertiary/aromatic N) is 2. The summed E-state index contributed by atoms with van der Waals surface area (Å²) in [5, 5.41) is 5.11. The van der Waals surface area contributed by atoms with Crippen LogP contribution in [-0.4, -0.2) is 9.78 Å². The Hall–Kier alpha value is -0.990. The van der Waals surface area contributed by atoms with Crippen molar-refractivity contribution in [2.45, 2.75) is 33.6 Å². The van der Waals surface area contributed by atoms with Gasteiger partial charge in [0.05, 0.1) is 17.3 Å². The van der Waals surface area contributed by atoms with Crippen LogP contribution in [0.15, 0.2) is 12.1 Å². The summed E-state index contributed by atoms with van der Waals surface area (Å²) in [5.74, 6) is 0.384. The van der Waals surface area contributed by atoms with Crippen molar-refractivity contribution in [3.05, 3.63) is 45.2 Å². The Kier molecular flexibility index (Phi) is 3.69. The molecule has 1 aromatic carbocycles. The number of hydrogen-bond acceptors (Lipinski definition) is 1. The fourth-order valence-electron chi connectivity index (χ4n) is 2.34. The van der Waals surface area contributed by atoms with E-state index < -0.39 is 0 Å². The van der Waals surface area contributed by atoms with Gasteiger partial charge in [0.25, 0.3) is 0 Å². The molecule has 0 aliphatic carbocycles. The van der Waals surface area contributed by atoms with Crippen molar-refractivity contribution in [1.82, 2.24) is 9.78 Å². The Balaban J connectivity index is 2.70. The van der Waals surface area contributed by atoms with Gasteiger partial charge in [0.2, 0.25) is 0 Å². The molecular weight excluding hydrogens is 267 g/mol. The first-order chi connectivity index (χ1) is 8.45. The van der Waals surface area contributed by atoms with Crippen molar-refractivity contribution in [1.29, 1.82) is 0 Å². The van der Waals surface area contributed by atoms with E-state index in [0.717, 1.165) is 28.1 Å². The molecule has 4 heteroatoms. The molecule has 0 saturated heterocycles. The maximum absolute atomic E-state index is 6.36. The van der Waals surface area contributed by atoms with Crippen LogP contribution in [-0.2, 0) is 5.88 Å². The van der Waals surface area contributed by atoms with Gasteiger partial charge in [-0.25, -0.2) is 4.68 Å². The summed E-state index contributed by atoms with van der Waals surface area (Å²) in [5.41, 5.74) is 6.40. The predicted molar refractivity (Wildman–Crippen MR) is 77.1 cm³/mol. The summed E-state index contributed by atoms with van der Waals surface area (Å²) in [6.07, 6.45) is 0. The number of benzene rings is 1. The zero-order valence-corrected chi connectivity index (χ0v) is 12.5. The van der Waals surface area contributed by atoms with E-state index in [4.69, 9.17) is 23.2 Å². The zero-order valence-electron chi connectivity index (χ0n) is 11.0. The molecule has 0 atom stereocenters. The maximum atomic E-state index is 6.36. The van der Waals surface area contributed by atoms with Gasteiger partial charge < -0.3 is 0 Å². The number of alkyl halides is 1. The molecule has 1 aromatic heterocycles. The van der Waals surface area contributed by atoms with E-state index in [-0.39, 0.29) is 0 Å². The van der Waals surface area contributed by atoms with Crippen LogP contribution in [0.3, 0.4) is 0 Å². The quantitative estimate of drug-likeness (QED) is 0.742. The van der Waals surface area contributed by atoms with Gasteiger partial charge in [0.15, 0.2) is 0 Å². The number of aryl methyl sites for hydroxylation is 4. The van der Waals surface area contributed by atoms with E-state index in [0.29, 0.717) is 11.0 Å². The van der Waals surface area contributed by atoms with E-state index in [1.807, 2.05) is 6.92 Å². The first-order valence-electron chi connectivity index (χ1n) is 5.84. The van der Waals surface area contributed by atoms with Gasteiger partial charge >= 0.3 is 0 Å². The number of aromatic nitrogens is 2. The monoisotopic (exact) mass is 282 g/mol. The molecule has 2 aromatic rings. The number of halogens is 2. The molecule has 0 N–H and O–H groups in total. The van der Waals surface area contributed by atoms with Crippen molar-refractivity contribution in [3.63, 3.8) is 0 Å². The van der Waals surface area contributed by atoms with Gasteiger partial charge in [-0.2, -0.15) is 5.10 Å². The van der Waals surface area contributed by atoms with Crippen LogP contribution in [0.4, 0.5) is 0 Å². The molecule has 2 rings (SSSR count). The highest BCUT2D eigenvalue weighted by molar-refractivity contribution is 6.31. The number of rotatable bonds is 2. The van der Waals surface area contributed by atoms with Crippen molar-refractivity contribution in [3.8, 4) is 5.69 Å². The Morgan fingerprint density at radius 1 is 1.11 bits per heavy atom. The van der Waals surface area contributed by atoms with Gasteiger partial charge in [-0.1, -0.05) is 29.3 Å². The van der Waals surface area contributed by atoms with E-state index >= 15 is 0 Å². The summed E-state index contributed by atoms with van der Waals surface area (Å²) in [4.78, 5) is 0. The molecule has 0 amide bonds. The topological polar surface area (TPSA) is 17.8 Å². The average molecular weight is 283 g/mol. The lowest BCUT2D eigenvalue weighted by Gasteiger charge is -2.12. The Bertz CT molecular complexity index is 577. The second-order valence-electron chi connectivity index (χ2n) is 4.65. The van der Waals surface area contributed by atoms with Crippen LogP contribution in [0.25, 0.3) is 5.69 Å². The van der Waals surface area contributed by atoms with Crippen LogP contribution >= 0.6 is 23.2 Å². The largest absolute Gasteiger partial charge is 0.221 e. The van der Waals surface area contributed by atoms with Crippen molar-refractivity contribution < 1.29 is 0 Å². The molecule has 0 spiro atoms. The molecule has 0 fully saturated rings. The molecule has 18 heavy (non-hydrogen) atoms. The first-order valence-corrected chi connectivity index (χ1v) is 6.75. The third kappa shape index (κ3) is 2.15. The Morgan fingerprint density at radius 3 is 2.11 bits per heavy atom. The summed E-state index contributed by atoms with van der Waals surface area (Å²) in [6.45, 7) is 8.16. The molecule has 0 aliphatic heterocycles. The van der Waals surface area contributed by atoms with Crippen LogP contribution in [0.5, 0.6) is 0 Å². The lowest BCUT2D eigenvalue weighted by molar-refractivity contribution is 0.848. The molecule has 0 saturated carbocycles. The van der Waals surface area contributed by atoms with Gasteiger partial charge in [0, 0.05) is 5.56 Å². The molecule has 96 valence electrons. The fraction of sp³-hybridized carbons (Fsp3) is 0.357. The summed E-state index contributed by atoms with van der Waals surface area (Å²) >= 11 is 12.3. The zero-order chi connectivity index (χ0) is 13.4. The SMILES string of the molecule is Cc1cc(C)c(-n2nc(C)c(CCl)c2Cl)c(C)c1. The minimum absolute atomic E-state index is 0.384. The second kappa shape index (κ2) is 4.94. The van der Waals surface area contributed by atoms with E-state index in [1.165, 1.54) is 5.56 Å². The van der Waals surface area contributed by atoms with Gasteiger partial charge in [-0.3, -0.25) is 0 Å². The fourth-order valence-corrected chi connectivity index (χ4v) is 3.05. The van der Waals surface area contributed by atoms with E-state index in [2.05, 4.69) is 38.0 Å². The molecule has 0 aliphatic rings. The highest BCUT2D eigenvalue weighted by Crippen LogP contribution is 2.28. The summed E-state index contributed by atoms with van der Waals surface area (Å²) < 4.78 is 1.79. The molecule has 0 bridgehead atoms. The molecule has 1 heterocycles. The molecular formula is C14H16Cl2N2. The lowest BCUT2D eigenvalue weighted by atomic mass is 10.1. The van der Waals surface area contributed by atoms with Crippen LogP contribution in [0.1, 0.15) is 27.9 Å². The maximum Gasteiger partial charge on any atom is 0.137 e. The normalized spacial score (nSPS) is 11.0. The van der Waals surface area contributed by atoms with Crippen molar-refractivity contribution in [2.75, 3.05) is 0 Å². The van der Waals surface area contributed by atoms with E-state index in [9.17, 15) is 0 Å². The smallest absolute Gasteiger partial charge is 0.137 e. The minimum Gasteiger partial charge on any atom is -0.221 e.